The minimum Gasteiger partial charge on any atom is -0.381 e. The third-order valence-corrected chi connectivity index (χ3v) is 3.61. The first-order chi connectivity index (χ1) is 10.6. The monoisotopic (exact) mass is 314 g/mol. The smallest absolute Gasteiger partial charge is 0.224 e. The van der Waals surface area contributed by atoms with Crippen LogP contribution in [0.25, 0.3) is 0 Å². The van der Waals surface area contributed by atoms with Gasteiger partial charge in [-0.3, -0.25) is 9.59 Å². The number of amides is 2. The Balaban J connectivity index is 3.55. The van der Waals surface area contributed by atoms with E-state index in [4.69, 9.17) is 4.74 Å². The van der Waals surface area contributed by atoms with Crippen molar-refractivity contribution in [2.75, 3.05) is 33.4 Å². The van der Waals surface area contributed by atoms with E-state index in [1.54, 1.807) is 4.90 Å². The number of hydrogen-bond acceptors (Lipinski definition) is 3. The highest BCUT2D eigenvalue weighted by Crippen LogP contribution is 2.05. The molecule has 130 valence electrons. The van der Waals surface area contributed by atoms with Gasteiger partial charge in [0.1, 0.15) is 0 Å². The zero-order chi connectivity index (χ0) is 16.6. The molecule has 5 heteroatoms. The Morgan fingerprint density at radius 3 is 2.36 bits per heavy atom. The summed E-state index contributed by atoms with van der Waals surface area (Å²) in [6.07, 6.45) is 8.08. The molecule has 0 aliphatic heterocycles. The minimum absolute atomic E-state index is 0.0557. The molecule has 5 nitrogen and oxygen atoms in total. The summed E-state index contributed by atoms with van der Waals surface area (Å²) in [7, 11) is 1.84. The van der Waals surface area contributed by atoms with E-state index >= 15 is 0 Å². The molecule has 0 rings (SSSR count). The quantitative estimate of drug-likeness (QED) is 0.502. The second kappa shape index (κ2) is 14.8. The molecule has 0 saturated heterocycles. The Kier molecular flexibility index (Phi) is 14.1. The molecule has 0 aromatic carbocycles. The number of carbonyl (C=O) groups is 2. The normalized spacial score (nSPS) is 10.5. The fraction of sp³-hybridized carbons (Fsp3) is 0.882. The third-order valence-electron chi connectivity index (χ3n) is 3.61. The lowest BCUT2D eigenvalue weighted by Crippen LogP contribution is -2.33. The van der Waals surface area contributed by atoms with Crippen LogP contribution >= 0.6 is 0 Å². The maximum absolute atomic E-state index is 11.9. The number of unbranched alkanes of at least 4 members (excludes halogenated alkanes) is 5. The van der Waals surface area contributed by atoms with Crippen molar-refractivity contribution in [1.82, 2.24) is 10.2 Å². The first-order valence-electron chi connectivity index (χ1n) is 8.70. The summed E-state index contributed by atoms with van der Waals surface area (Å²) in [4.78, 5) is 25.1. The van der Waals surface area contributed by atoms with Crippen molar-refractivity contribution in [2.45, 2.75) is 65.2 Å². The summed E-state index contributed by atoms with van der Waals surface area (Å²) < 4.78 is 5.11. The molecule has 0 aromatic rings. The lowest BCUT2D eigenvalue weighted by atomic mass is 10.1. The maximum atomic E-state index is 11.9. The molecule has 22 heavy (non-hydrogen) atoms. The topological polar surface area (TPSA) is 58.6 Å². The van der Waals surface area contributed by atoms with Gasteiger partial charge in [-0.1, -0.05) is 39.0 Å². The van der Waals surface area contributed by atoms with Crippen LogP contribution in [-0.2, 0) is 14.3 Å². The number of hydrogen-bond donors (Lipinski definition) is 1. The van der Waals surface area contributed by atoms with Crippen LogP contribution in [0.5, 0.6) is 0 Å². The number of nitrogens with zero attached hydrogens (tertiary/aromatic N) is 1. The van der Waals surface area contributed by atoms with Crippen molar-refractivity contribution >= 4 is 11.8 Å². The molecule has 1 N–H and O–H groups in total. The van der Waals surface area contributed by atoms with E-state index in [-0.39, 0.29) is 11.8 Å². The van der Waals surface area contributed by atoms with E-state index in [1.807, 2.05) is 14.0 Å². The van der Waals surface area contributed by atoms with Gasteiger partial charge in [-0.2, -0.15) is 0 Å². The van der Waals surface area contributed by atoms with E-state index in [0.717, 1.165) is 13.0 Å². The molecule has 2 amide bonds. The zero-order valence-corrected chi connectivity index (χ0v) is 14.7. The zero-order valence-electron chi connectivity index (χ0n) is 14.7. The van der Waals surface area contributed by atoms with Crippen LogP contribution < -0.4 is 5.32 Å². The summed E-state index contributed by atoms with van der Waals surface area (Å²) in [5, 5.41) is 2.75. The maximum Gasteiger partial charge on any atom is 0.224 e. The third kappa shape index (κ3) is 12.6. The van der Waals surface area contributed by atoms with Crippen molar-refractivity contribution in [2.24, 2.45) is 0 Å². The molecule has 0 aliphatic rings. The first-order valence-corrected chi connectivity index (χ1v) is 8.70. The highest BCUT2D eigenvalue weighted by Gasteiger charge is 2.09. The van der Waals surface area contributed by atoms with E-state index in [2.05, 4.69) is 12.2 Å². The average Bonchev–Trinajstić information content (AvgIpc) is 2.50. The van der Waals surface area contributed by atoms with Crippen molar-refractivity contribution < 1.29 is 14.3 Å². The van der Waals surface area contributed by atoms with Crippen LogP contribution in [0.1, 0.15) is 65.2 Å². The number of nitrogens with one attached hydrogen (secondary N) is 1. The number of ether oxygens (including phenoxy) is 1. The highest BCUT2D eigenvalue weighted by atomic mass is 16.5. The summed E-state index contributed by atoms with van der Waals surface area (Å²) in [6, 6.07) is 0. The summed E-state index contributed by atoms with van der Waals surface area (Å²) in [6.45, 7) is 6.38. The van der Waals surface area contributed by atoms with E-state index < -0.39 is 0 Å². The molecular formula is C17H34N2O3. The van der Waals surface area contributed by atoms with Gasteiger partial charge >= 0.3 is 0 Å². The first kappa shape index (κ1) is 20.9. The van der Waals surface area contributed by atoms with Crippen molar-refractivity contribution in [3.63, 3.8) is 0 Å². The SMILES string of the molecule is CCCCCCCCN(C)C(=O)CCNC(=O)CCOCC. The van der Waals surface area contributed by atoms with Crippen LogP contribution in [0, 0.1) is 0 Å². The van der Waals surface area contributed by atoms with Crippen LogP contribution in [0.2, 0.25) is 0 Å². The molecule has 0 spiro atoms. The molecule has 0 unspecified atom stereocenters. The fourth-order valence-corrected chi connectivity index (χ4v) is 2.15. The molecule has 0 atom stereocenters. The van der Waals surface area contributed by atoms with Crippen LogP contribution in [0.3, 0.4) is 0 Å². The van der Waals surface area contributed by atoms with Gasteiger partial charge in [0.25, 0.3) is 0 Å². The predicted molar refractivity (Wildman–Crippen MR) is 89.7 cm³/mol. The molecule has 0 aromatic heterocycles. The molecule has 0 bridgehead atoms. The fourth-order valence-electron chi connectivity index (χ4n) is 2.15. The largest absolute Gasteiger partial charge is 0.381 e. The van der Waals surface area contributed by atoms with Gasteiger partial charge in [-0.25, -0.2) is 0 Å². The number of carbonyl (C=O) groups excluding carboxylic acids is 2. The molecule has 0 heterocycles. The van der Waals surface area contributed by atoms with Crippen molar-refractivity contribution in [3.8, 4) is 0 Å². The van der Waals surface area contributed by atoms with E-state index in [0.29, 0.717) is 32.6 Å². The average molecular weight is 314 g/mol. The van der Waals surface area contributed by atoms with E-state index in [1.165, 1.54) is 32.1 Å². The Labute approximate surface area is 135 Å². The second-order valence-electron chi connectivity index (χ2n) is 5.63. The summed E-state index contributed by atoms with van der Waals surface area (Å²) in [5.41, 5.74) is 0. The van der Waals surface area contributed by atoms with E-state index in [9.17, 15) is 9.59 Å². The van der Waals surface area contributed by atoms with Gasteiger partial charge in [-0.15, -0.1) is 0 Å². The lowest BCUT2D eigenvalue weighted by molar-refractivity contribution is -0.130. The van der Waals surface area contributed by atoms with Crippen LogP contribution in [0.15, 0.2) is 0 Å². The Bertz CT molecular complexity index is 296. The van der Waals surface area contributed by atoms with Gasteiger partial charge in [0, 0.05) is 39.6 Å². The Morgan fingerprint density at radius 1 is 1.00 bits per heavy atom. The van der Waals surface area contributed by atoms with Gasteiger partial charge in [0.2, 0.25) is 11.8 Å². The molecular weight excluding hydrogens is 280 g/mol. The molecule has 0 radical (unpaired) electrons. The second-order valence-corrected chi connectivity index (χ2v) is 5.63. The van der Waals surface area contributed by atoms with Gasteiger partial charge in [0.05, 0.1) is 6.61 Å². The minimum atomic E-state index is -0.0557. The standard InChI is InChI=1S/C17H34N2O3/c1-4-6-7-8-9-10-14-19(3)17(21)11-13-18-16(20)12-15-22-5-2/h4-15H2,1-3H3,(H,18,20). The lowest BCUT2D eigenvalue weighted by Gasteiger charge is -2.17. The van der Waals surface area contributed by atoms with Crippen LogP contribution in [-0.4, -0.2) is 50.1 Å². The van der Waals surface area contributed by atoms with Crippen LogP contribution in [0.4, 0.5) is 0 Å². The highest BCUT2D eigenvalue weighted by molar-refractivity contribution is 5.78. The Morgan fingerprint density at radius 2 is 1.68 bits per heavy atom. The molecule has 0 saturated carbocycles. The van der Waals surface area contributed by atoms with Gasteiger partial charge < -0.3 is 15.0 Å². The van der Waals surface area contributed by atoms with Crippen molar-refractivity contribution in [1.29, 1.82) is 0 Å². The summed E-state index contributed by atoms with van der Waals surface area (Å²) >= 11 is 0. The summed E-state index contributed by atoms with van der Waals surface area (Å²) in [5.74, 6) is 0.0403. The molecule has 0 fully saturated rings. The van der Waals surface area contributed by atoms with Gasteiger partial charge in [0.15, 0.2) is 0 Å². The van der Waals surface area contributed by atoms with Crippen molar-refractivity contribution in [3.05, 3.63) is 0 Å². The number of rotatable bonds is 14. The van der Waals surface area contributed by atoms with Gasteiger partial charge in [-0.05, 0) is 13.3 Å². The predicted octanol–water partition coefficient (Wildman–Crippen LogP) is 2.74. The molecule has 0 aliphatic carbocycles. The Hall–Kier alpha value is -1.10.